The fourth-order valence-electron chi connectivity index (χ4n) is 3.71. The maximum Gasteiger partial charge on any atom is 0.387 e. The number of hydrogen-bond donors (Lipinski definition) is 0. The van der Waals surface area contributed by atoms with Gasteiger partial charge >= 0.3 is 6.61 Å². The first-order valence-corrected chi connectivity index (χ1v) is 10.6. The molecule has 0 heterocycles. The van der Waals surface area contributed by atoms with Gasteiger partial charge in [-0.2, -0.15) is 8.78 Å². The van der Waals surface area contributed by atoms with Crippen molar-refractivity contribution in [2.24, 2.45) is 0 Å². The summed E-state index contributed by atoms with van der Waals surface area (Å²) >= 11 is 0. The Morgan fingerprint density at radius 1 is 0.697 bits per heavy atom. The summed E-state index contributed by atoms with van der Waals surface area (Å²) in [4.78, 5) is 15.5. The fraction of sp³-hybridized carbons (Fsp3) is 0.107. The Morgan fingerprint density at radius 3 is 1.88 bits per heavy atom. The fourth-order valence-corrected chi connectivity index (χ4v) is 3.71. The third kappa shape index (κ3) is 5.83. The van der Waals surface area contributed by atoms with Crippen LogP contribution in [0.2, 0.25) is 0 Å². The number of alkyl halides is 2. The number of amides is 1. The zero-order valence-electron chi connectivity index (χ0n) is 17.9. The summed E-state index contributed by atoms with van der Waals surface area (Å²) < 4.78 is 29.4. The molecule has 0 aliphatic rings. The molecule has 4 rings (SSSR count). The van der Waals surface area contributed by atoms with Crippen LogP contribution in [0.4, 0.5) is 8.78 Å². The molecule has 0 atom stereocenters. The minimum atomic E-state index is -2.87. The highest BCUT2D eigenvalue weighted by atomic mass is 19.3. The molecule has 33 heavy (non-hydrogen) atoms. The van der Waals surface area contributed by atoms with Crippen molar-refractivity contribution in [1.82, 2.24) is 4.90 Å². The van der Waals surface area contributed by atoms with Gasteiger partial charge in [0.25, 0.3) is 5.91 Å². The van der Waals surface area contributed by atoms with Gasteiger partial charge in [0, 0.05) is 18.7 Å². The molecule has 4 aromatic rings. The Labute approximate surface area is 191 Å². The van der Waals surface area contributed by atoms with Crippen LogP contribution < -0.4 is 4.74 Å². The standard InChI is InChI=1S/C28H23F2NO2/c29-28(30)33-24-17-15-22(16-18-24)20-31(19-21-9-3-1-4-10-21)27(32)26-14-8-7-13-25(26)23-11-5-2-6-12-23/h1-18,28H,19-20H2. The number of benzene rings is 4. The Kier molecular flexibility index (Phi) is 7.10. The van der Waals surface area contributed by atoms with Gasteiger partial charge in [-0.3, -0.25) is 4.79 Å². The number of ether oxygens (including phenoxy) is 1. The molecule has 5 heteroatoms. The van der Waals surface area contributed by atoms with Crippen molar-refractivity contribution < 1.29 is 18.3 Å². The second-order valence-corrected chi connectivity index (χ2v) is 7.58. The first-order valence-electron chi connectivity index (χ1n) is 10.6. The highest BCUT2D eigenvalue weighted by Crippen LogP contribution is 2.26. The van der Waals surface area contributed by atoms with E-state index < -0.39 is 6.61 Å². The average molecular weight is 443 g/mol. The van der Waals surface area contributed by atoms with E-state index in [1.54, 1.807) is 17.0 Å². The van der Waals surface area contributed by atoms with Crippen LogP contribution in [0.1, 0.15) is 21.5 Å². The molecular formula is C28H23F2NO2. The van der Waals surface area contributed by atoms with Gasteiger partial charge < -0.3 is 9.64 Å². The molecule has 0 radical (unpaired) electrons. The van der Waals surface area contributed by atoms with Crippen LogP contribution in [0, 0.1) is 0 Å². The number of carbonyl (C=O) groups excluding carboxylic acids is 1. The third-order valence-electron chi connectivity index (χ3n) is 5.27. The lowest BCUT2D eigenvalue weighted by atomic mass is 9.98. The summed E-state index contributed by atoms with van der Waals surface area (Å²) in [5.74, 6) is -0.0182. The van der Waals surface area contributed by atoms with Gasteiger partial charge in [0.1, 0.15) is 5.75 Å². The second-order valence-electron chi connectivity index (χ2n) is 7.58. The monoisotopic (exact) mass is 443 g/mol. The predicted molar refractivity (Wildman–Crippen MR) is 125 cm³/mol. The van der Waals surface area contributed by atoms with E-state index in [1.165, 1.54) is 12.1 Å². The van der Waals surface area contributed by atoms with E-state index in [-0.39, 0.29) is 11.7 Å². The summed E-state index contributed by atoms with van der Waals surface area (Å²) in [6, 6.07) is 33.5. The summed E-state index contributed by atoms with van der Waals surface area (Å²) in [6.45, 7) is -2.13. The molecule has 0 aliphatic carbocycles. The minimum Gasteiger partial charge on any atom is -0.435 e. The molecule has 0 saturated heterocycles. The van der Waals surface area contributed by atoms with Gasteiger partial charge in [-0.1, -0.05) is 91.0 Å². The van der Waals surface area contributed by atoms with Crippen molar-refractivity contribution in [3.63, 3.8) is 0 Å². The quantitative estimate of drug-likeness (QED) is 0.300. The molecule has 0 bridgehead atoms. The molecule has 0 spiro atoms. The van der Waals surface area contributed by atoms with Crippen LogP contribution in [0.15, 0.2) is 109 Å². The summed E-state index contributed by atoms with van der Waals surface area (Å²) in [6.07, 6.45) is 0. The van der Waals surface area contributed by atoms with Gasteiger partial charge in [0.15, 0.2) is 0 Å². The van der Waals surface area contributed by atoms with Gasteiger partial charge in [-0.25, -0.2) is 0 Å². The molecule has 0 aromatic heterocycles. The van der Waals surface area contributed by atoms with Crippen molar-refractivity contribution >= 4 is 5.91 Å². The van der Waals surface area contributed by atoms with E-state index in [0.717, 1.165) is 22.3 Å². The zero-order chi connectivity index (χ0) is 23.0. The molecular weight excluding hydrogens is 420 g/mol. The van der Waals surface area contributed by atoms with Crippen LogP contribution in [0.5, 0.6) is 5.75 Å². The molecule has 3 nitrogen and oxygen atoms in total. The largest absolute Gasteiger partial charge is 0.435 e. The highest BCUT2D eigenvalue weighted by Gasteiger charge is 2.20. The topological polar surface area (TPSA) is 29.5 Å². The number of halogens is 2. The number of carbonyl (C=O) groups is 1. The lowest BCUT2D eigenvalue weighted by Gasteiger charge is -2.24. The first kappa shape index (κ1) is 22.2. The van der Waals surface area contributed by atoms with Gasteiger partial charge in [-0.15, -0.1) is 0 Å². The molecule has 0 unspecified atom stereocenters. The van der Waals surface area contributed by atoms with Gasteiger partial charge in [0.05, 0.1) is 0 Å². The Balaban J connectivity index is 1.65. The molecule has 4 aromatic carbocycles. The molecule has 0 fully saturated rings. The zero-order valence-corrected chi connectivity index (χ0v) is 17.9. The van der Waals surface area contributed by atoms with Crippen molar-refractivity contribution in [3.8, 4) is 16.9 Å². The maximum absolute atomic E-state index is 13.8. The summed E-state index contributed by atoms with van der Waals surface area (Å²) in [5.41, 5.74) is 4.26. The van der Waals surface area contributed by atoms with Crippen LogP contribution >= 0.6 is 0 Å². The lowest BCUT2D eigenvalue weighted by molar-refractivity contribution is -0.0498. The SMILES string of the molecule is O=C(c1ccccc1-c1ccccc1)N(Cc1ccccc1)Cc1ccc(OC(F)F)cc1. The molecule has 0 N–H and O–H groups in total. The van der Waals surface area contributed by atoms with Crippen molar-refractivity contribution in [1.29, 1.82) is 0 Å². The Hall–Kier alpha value is -3.99. The number of rotatable bonds is 8. The molecule has 166 valence electrons. The van der Waals surface area contributed by atoms with Crippen LogP contribution in [-0.2, 0) is 13.1 Å². The van der Waals surface area contributed by atoms with E-state index in [2.05, 4.69) is 4.74 Å². The van der Waals surface area contributed by atoms with Crippen LogP contribution in [-0.4, -0.2) is 17.4 Å². The Morgan fingerprint density at radius 2 is 1.24 bits per heavy atom. The smallest absolute Gasteiger partial charge is 0.387 e. The second kappa shape index (κ2) is 10.6. The average Bonchev–Trinajstić information content (AvgIpc) is 2.85. The van der Waals surface area contributed by atoms with E-state index in [4.69, 9.17) is 0 Å². The minimum absolute atomic E-state index is 0.0871. The van der Waals surface area contributed by atoms with E-state index >= 15 is 0 Å². The van der Waals surface area contributed by atoms with Crippen molar-refractivity contribution in [2.45, 2.75) is 19.7 Å². The first-order chi connectivity index (χ1) is 16.1. The lowest BCUT2D eigenvalue weighted by Crippen LogP contribution is -2.30. The van der Waals surface area contributed by atoms with E-state index in [9.17, 15) is 13.6 Å². The van der Waals surface area contributed by atoms with Crippen LogP contribution in [0.3, 0.4) is 0 Å². The van der Waals surface area contributed by atoms with E-state index in [1.807, 2.05) is 84.9 Å². The molecule has 1 amide bonds. The Bertz CT molecular complexity index is 1180. The number of nitrogens with zero attached hydrogens (tertiary/aromatic N) is 1. The highest BCUT2D eigenvalue weighted by molar-refractivity contribution is 6.00. The summed E-state index contributed by atoms with van der Waals surface area (Å²) in [5, 5.41) is 0. The van der Waals surface area contributed by atoms with Gasteiger partial charge in [0.2, 0.25) is 0 Å². The predicted octanol–water partition coefficient (Wildman–Crippen LogP) is 6.80. The normalized spacial score (nSPS) is 10.8. The maximum atomic E-state index is 13.8. The van der Waals surface area contributed by atoms with Crippen molar-refractivity contribution in [2.75, 3.05) is 0 Å². The van der Waals surface area contributed by atoms with Crippen molar-refractivity contribution in [3.05, 3.63) is 126 Å². The summed E-state index contributed by atoms with van der Waals surface area (Å²) in [7, 11) is 0. The molecule has 0 saturated carbocycles. The van der Waals surface area contributed by atoms with Gasteiger partial charge in [-0.05, 0) is 40.5 Å². The van der Waals surface area contributed by atoms with E-state index in [0.29, 0.717) is 18.7 Å². The number of hydrogen-bond acceptors (Lipinski definition) is 2. The third-order valence-corrected chi connectivity index (χ3v) is 5.27. The van der Waals surface area contributed by atoms with Crippen LogP contribution in [0.25, 0.3) is 11.1 Å². The molecule has 0 aliphatic heterocycles.